The summed E-state index contributed by atoms with van der Waals surface area (Å²) in [7, 11) is 0. The zero-order valence-corrected chi connectivity index (χ0v) is 11.9. The van der Waals surface area contributed by atoms with Crippen LogP contribution in [0.4, 0.5) is 0 Å². The fourth-order valence-corrected chi connectivity index (χ4v) is 1.96. The molecule has 0 aliphatic heterocycles. The molecule has 0 saturated carbocycles. The van der Waals surface area contributed by atoms with Gasteiger partial charge in [0.1, 0.15) is 5.82 Å². The summed E-state index contributed by atoms with van der Waals surface area (Å²) < 4.78 is 0. The molecule has 0 bridgehead atoms. The maximum absolute atomic E-state index is 12.0. The van der Waals surface area contributed by atoms with Crippen LogP contribution in [0, 0.1) is 6.92 Å². The summed E-state index contributed by atoms with van der Waals surface area (Å²) >= 11 is 10.2. The van der Waals surface area contributed by atoms with E-state index < -0.39 is 0 Å². The molecule has 6 heteroatoms. The number of carbonyl (C=O) groups excluding carboxylic acids is 1. The maximum atomic E-state index is 12.0. The number of hydrogen-bond acceptors (Lipinski definition) is 4. The Hall–Kier alpha value is -1.59. The van der Waals surface area contributed by atoms with Gasteiger partial charge in [-0.3, -0.25) is 4.79 Å². The van der Waals surface area contributed by atoms with Gasteiger partial charge in [0, 0.05) is 11.1 Å². The van der Waals surface area contributed by atoms with Gasteiger partial charge < -0.3 is 5.32 Å². The Labute approximate surface area is 121 Å². The molecule has 2 rings (SSSR count). The summed E-state index contributed by atoms with van der Waals surface area (Å²) in [4.78, 5) is 20.9. The van der Waals surface area contributed by atoms with E-state index in [1.165, 1.54) is 0 Å². The SMILES string of the molecule is Cc1nccc(CNC(=O)c2cc(S)ccc2Cl)n1. The second-order valence-corrected chi connectivity index (χ2v) is 4.87. The Kier molecular flexibility index (Phi) is 4.39. The fourth-order valence-electron chi connectivity index (χ4n) is 1.56. The lowest BCUT2D eigenvalue weighted by Crippen LogP contribution is -2.23. The molecule has 0 unspecified atom stereocenters. The molecule has 2 aromatic rings. The lowest BCUT2D eigenvalue weighted by Gasteiger charge is -2.07. The highest BCUT2D eigenvalue weighted by atomic mass is 35.5. The maximum Gasteiger partial charge on any atom is 0.253 e. The highest BCUT2D eigenvalue weighted by Crippen LogP contribution is 2.19. The first-order valence-electron chi connectivity index (χ1n) is 5.61. The molecule has 1 amide bonds. The Balaban J connectivity index is 2.07. The van der Waals surface area contributed by atoms with Crippen molar-refractivity contribution in [3.8, 4) is 0 Å². The molecule has 98 valence electrons. The second kappa shape index (κ2) is 6.04. The third-order valence-corrected chi connectivity index (χ3v) is 3.07. The minimum absolute atomic E-state index is 0.253. The molecule has 1 heterocycles. The standard InChI is InChI=1S/C13H12ClN3OS/c1-8-15-5-4-9(17-8)7-16-13(18)11-6-10(19)2-3-12(11)14/h2-6,19H,7H2,1H3,(H,16,18). The van der Waals surface area contributed by atoms with Crippen LogP contribution in [0.25, 0.3) is 0 Å². The molecular weight excluding hydrogens is 282 g/mol. The highest BCUT2D eigenvalue weighted by molar-refractivity contribution is 7.80. The molecule has 0 aliphatic carbocycles. The third kappa shape index (κ3) is 3.68. The van der Waals surface area contributed by atoms with Gasteiger partial charge in [-0.2, -0.15) is 0 Å². The van der Waals surface area contributed by atoms with E-state index in [9.17, 15) is 4.79 Å². The molecule has 19 heavy (non-hydrogen) atoms. The zero-order chi connectivity index (χ0) is 13.8. The number of hydrogen-bond donors (Lipinski definition) is 2. The number of nitrogens with one attached hydrogen (secondary N) is 1. The topological polar surface area (TPSA) is 54.9 Å². The van der Waals surface area contributed by atoms with E-state index in [-0.39, 0.29) is 5.91 Å². The number of halogens is 1. The van der Waals surface area contributed by atoms with Crippen molar-refractivity contribution in [1.82, 2.24) is 15.3 Å². The van der Waals surface area contributed by atoms with E-state index >= 15 is 0 Å². The highest BCUT2D eigenvalue weighted by Gasteiger charge is 2.10. The minimum atomic E-state index is -0.253. The van der Waals surface area contributed by atoms with Crippen molar-refractivity contribution < 1.29 is 4.79 Å². The lowest BCUT2D eigenvalue weighted by atomic mass is 10.2. The van der Waals surface area contributed by atoms with Gasteiger partial charge in [-0.1, -0.05) is 11.6 Å². The molecule has 0 atom stereocenters. The Morgan fingerprint density at radius 2 is 2.21 bits per heavy atom. The summed E-state index contributed by atoms with van der Waals surface area (Å²) in [5.41, 5.74) is 1.15. The number of rotatable bonds is 3. The molecule has 4 nitrogen and oxygen atoms in total. The largest absolute Gasteiger partial charge is 0.346 e. The first-order chi connectivity index (χ1) is 9.06. The van der Waals surface area contributed by atoms with Gasteiger partial charge in [0.2, 0.25) is 0 Å². The predicted molar refractivity (Wildman–Crippen MR) is 76.6 cm³/mol. The summed E-state index contributed by atoms with van der Waals surface area (Å²) in [6, 6.07) is 6.76. The average molecular weight is 294 g/mol. The van der Waals surface area contributed by atoms with E-state index in [0.717, 1.165) is 5.69 Å². The minimum Gasteiger partial charge on any atom is -0.346 e. The second-order valence-electron chi connectivity index (χ2n) is 3.94. The molecular formula is C13H12ClN3OS. The molecule has 0 spiro atoms. The Morgan fingerprint density at radius 3 is 2.95 bits per heavy atom. The van der Waals surface area contributed by atoms with Gasteiger partial charge in [-0.15, -0.1) is 12.6 Å². The first kappa shape index (κ1) is 13.8. The van der Waals surface area contributed by atoms with Gasteiger partial charge in [-0.25, -0.2) is 9.97 Å². The van der Waals surface area contributed by atoms with E-state index in [1.54, 1.807) is 37.4 Å². The summed E-state index contributed by atoms with van der Waals surface area (Å²) in [6.45, 7) is 2.13. The summed E-state index contributed by atoms with van der Waals surface area (Å²) in [6.07, 6.45) is 1.66. The van der Waals surface area contributed by atoms with Crippen LogP contribution < -0.4 is 5.32 Å². The number of carbonyl (C=O) groups is 1. The van der Waals surface area contributed by atoms with Crippen LogP contribution in [0.5, 0.6) is 0 Å². The number of aromatic nitrogens is 2. The van der Waals surface area contributed by atoms with Crippen LogP contribution in [-0.4, -0.2) is 15.9 Å². The van der Waals surface area contributed by atoms with Crippen LogP contribution in [0.2, 0.25) is 5.02 Å². The number of benzene rings is 1. The Morgan fingerprint density at radius 1 is 1.42 bits per heavy atom. The van der Waals surface area contributed by atoms with E-state index in [2.05, 4.69) is 27.9 Å². The molecule has 0 fully saturated rings. The van der Waals surface area contributed by atoms with Crippen molar-refractivity contribution in [3.05, 3.63) is 52.6 Å². The quantitative estimate of drug-likeness (QED) is 0.856. The summed E-state index contributed by atoms with van der Waals surface area (Å²) in [5.74, 6) is 0.416. The monoisotopic (exact) mass is 293 g/mol. The van der Waals surface area contributed by atoms with E-state index in [1.807, 2.05) is 0 Å². The third-order valence-electron chi connectivity index (χ3n) is 2.46. The van der Waals surface area contributed by atoms with Crippen molar-refractivity contribution in [2.24, 2.45) is 0 Å². The molecule has 0 saturated heterocycles. The first-order valence-corrected chi connectivity index (χ1v) is 6.44. The predicted octanol–water partition coefficient (Wildman–Crippen LogP) is 2.66. The van der Waals surface area contributed by atoms with E-state index in [4.69, 9.17) is 11.6 Å². The summed E-state index contributed by atoms with van der Waals surface area (Å²) in [5, 5.41) is 3.16. The van der Waals surface area contributed by atoms with Gasteiger partial charge in [0.15, 0.2) is 0 Å². The van der Waals surface area contributed by atoms with Crippen molar-refractivity contribution >= 4 is 30.1 Å². The molecule has 1 N–H and O–H groups in total. The normalized spacial score (nSPS) is 10.3. The number of nitrogens with zero attached hydrogens (tertiary/aromatic N) is 2. The van der Waals surface area contributed by atoms with Gasteiger partial charge in [0.05, 0.1) is 22.8 Å². The van der Waals surface area contributed by atoms with Crippen molar-refractivity contribution in [3.63, 3.8) is 0 Å². The van der Waals surface area contributed by atoms with Crippen molar-refractivity contribution in [2.45, 2.75) is 18.4 Å². The number of thiol groups is 1. The Bertz CT molecular complexity index is 619. The van der Waals surface area contributed by atoms with Crippen LogP contribution in [0.15, 0.2) is 35.4 Å². The average Bonchev–Trinajstić information content (AvgIpc) is 2.39. The molecule has 0 aliphatic rings. The zero-order valence-electron chi connectivity index (χ0n) is 10.2. The van der Waals surface area contributed by atoms with Crippen molar-refractivity contribution in [1.29, 1.82) is 0 Å². The smallest absolute Gasteiger partial charge is 0.253 e. The van der Waals surface area contributed by atoms with Gasteiger partial charge in [0.25, 0.3) is 5.91 Å². The number of amides is 1. The molecule has 1 aromatic carbocycles. The van der Waals surface area contributed by atoms with Gasteiger partial charge in [-0.05, 0) is 31.2 Å². The van der Waals surface area contributed by atoms with Crippen LogP contribution >= 0.6 is 24.2 Å². The van der Waals surface area contributed by atoms with Crippen LogP contribution in [0.3, 0.4) is 0 Å². The van der Waals surface area contributed by atoms with Crippen LogP contribution in [-0.2, 0) is 6.54 Å². The fraction of sp³-hybridized carbons (Fsp3) is 0.154. The van der Waals surface area contributed by atoms with Crippen molar-refractivity contribution in [2.75, 3.05) is 0 Å². The van der Waals surface area contributed by atoms with Crippen LogP contribution in [0.1, 0.15) is 21.9 Å². The number of aryl methyl sites for hydroxylation is 1. The molecule has 0 radical (unpaired) electrons. The van der Waals surface area contributed by atoms with E-state index in [0.29, 0.717) is 27.9 Å². The van der Waals surface area contributed by atoms with Gasteiger partial charge >= 0.3 is 0 Å². The lowest BCUT2D eigenvalue weighted by molar-refractivity contribution is 0.0950. The molecule has 1 aromatic heterocycles.